The summed E-state index contributed by atoms with van der Waals surface area (Å²) < 4.78 is 40.3. The zero-order valence-electron chi connectivity index (χ0n) is 19.0. The molecule has 0 fully saturated rings. The van der Waals surface area contributed by atoms with Crippen molar-refractivity contribution in [1.29, 1.82) is 0 Å². The van der Waals surface area contributed by atoms with Gasteiger partial charge in [-0.25, -0.2) is 12.8 Å². The number of halogens is 1. The van der Waals surface area contributed by atoms with E-state index >= 15 is 0 Å². The third-order valence-corrected chi connectivity index (χ3v) is 6.01. The number of hydrogen-bond acceptors (Lipinski definition) is 4. The van der Waals surface area contributed by atoms with Gasteiger partial charge in [0.2, 0.25) is 21.8 Å². The normalized spacial score (nSPS) is 12.3. The predicted molar refractivity (Wildman–Crippen MR) is 123 cm³/mol. The molecule has 9 heteroatoms. The highest BCUT2D eigenvalue weighted by atomic mass is 32.2. The van der Waals surface area contributed by atoms with E-state index in [1.807, 2.05) is 13.0 Å². The molecule has 0 heterocycles. The maximum Gasteiger partial charge on any atom is 0.244 e. The van der Waals surface area contributed by atoms with E-state index in [2.05, 4.69) is 5.32 Å². The van der Waals surface area contributed by atoms with Gasteiger partial charge in [0.15, 0.2) is 0 Å². The van der Waals surface area contributed by atoms with Crippen LogP contribution in [0.15, 0.2) is 48.5 Å². The average molecular weight is 464 g/mol. The molecule has 2 aromatic rings. The van der Waals surface area contributed by atoms with Crippen LogP contribution in [0.3, 0.4) is 0 Å². The Balaban J connectivity index is 2.40. The van der Waals surface area contributed by atoms with Crippen LogP contribution in [0.4, 0.5) is 10.1 Å². The van der Waals surface area contributed by atoms with Crippen molar-refractivity contribution < 1.29 is 22.4 Å². The topological polar surface area (TPSA) is 86.8 Å². The fourth-order valence-corrected chi connectivity index (χ4v) is 4.04. The summed E-state index contributed by atoms with van der Waals surface area (Å²) in [7, 11) is -3.80. The second-order valence-corrected chi connectivity index (χ2v) is 9.97. The molecule has 0 saturated heterocycles. The van der Waals surface area contributed by atoms with Gasteiger partial charge in [0, 0.05) is 18.2 Å². The van der Waals surface area contributed by atoms with Crippen molar-refractivity contribution in [3.05, 3.63) is 65.5 Å². The maximum atomic E-state index is 14.3. The molecule has 0 bridgehead atoms. The summed E-state index contributed by atoms with van der Waals surface area (Å²) >= 11 is 0. The van der Waals surface area contributed by atoms with E-state index in [1.54, 1.807) is 38.1 Å². The number of carbonyl (C=O) groups is 2. The van der Waals surface area contributed by atoms with Crippen molar-refractivity contribution in [2.24, 2.45) is 0 Å². The Labute approximate surface area is 189 Å². The van der Waals surface area contributed by atoms with Crippen LogP contribution in [0.1, 0.15) is 31.9 Å². The van der Waals surface area contributed by atoms with Crippen LogP contribution in [-0.2, 0) is 26.2 Å². The van der Waals surface area contributed by atoms with Gasteiger partial charge in [0.05, 0.1) is 11.9 Å². The number of benzene rings is 2. The number of aryl methyl sites for hydroxylation is 1. The van der Waals surface area contributed by atoms with E-state index in [0.717, 1.165) is 16.1 Å². The first kappa shape index (κ1) is 25.3. The summed E-state index contributed by atoms with van der Waals surface area (Å²) in [6, 6.07) is 11.6. The molecule has 1 N–H and O–H groups in total. The summed E-state index contributed by atoms with van der Waals surface area (Å²) in [6.45, 7) is 6.23. The summed E-state index contributed by atoms with van der Waals surface area (Å²) in [6.07, 6.45) is 1.01. The minimum absolute atomic E-state index is 0.157. The number of amides is 2. The fourth-order valence-electron chi connectivity index (χ4n) is 3.19. The van der Waals surface area contributed by atoms with Crippen molar-refractivity contribution >= 4 is 27.5 Å². The van der Waals surface area contributed by atoms with Crippen molar-refractivity contribution in [3.8, 4) is 0 Å². The van der Waals surface area contributed by atoms with Crippen molar-refractivity contribution in [2.75, 3.05) is 17.1 Å². The molecule has 0 radical (unpaired) electrons. The van der Waals surface area contributed by atoms with Crippen molar-refractivity contribution in [1.82, 2.24) is 10.2 Å². The Morgan fingerprint density at radius 2 is 1.72 bits per heavy atom. The molecule has 0 aliphatic carbocycles. The van der Waals surface area contributed by atoms with Crippen molar-refractivity contribution in [3.63, 3.8) is 0 Å². The lowest BCUT2D eigenvalue weighted by Crippen LogP contribution is -2.52. The highest BCUT2D eigenvalue weighted by Gasteiger charge is 2.30. The Bertz CT molecular complexity index is 1070. The van der Waals surface area contributed by atoms with Gasteiger partial charge in [-0.2, -0.15) is 0 Å². The molecule has 0 saturated carbocycles. The highest BCUT2D eigenvalue weighted by Crippen LogP contribution is 2.20. The number of nitrogens with one attached hydrogen (secondary N) is 1. The fraction of sp³-hybridized carbons (Fsp3) is 0.391. The van der Waals surface area contributed by atoms with Crippen LogP contribution in [0, 0.1) is 12.7 Å². The molecule has 1 atom stereocenters. The number of sulfonamides is 1. The number of nitrogens with zero attached hydrogens (tertiary/aromatic N) is 2. The van der Waals surface area contributed by atoms with Crippen LogP contribution in [0.25, 0.3) is 0 Å². The van der Waals surface area contributed by atoms with E-state index in [9.17, 15) is 22.4 Å². The van der Waals surface area contributed by atoms with Gasteiger partial charge in [0.25, 0.3) is 0 Å². The molecule has 32 heavy (non-hydrogen) atoms. The first-order valence-electron chi connectivity index (χ1n) is 10.3. The zero-order chi connectivity index (χ0) is 24.1. The first-order chi connectivity index (χ1) is 14.9. The Morgan fingerprint density at radius 3 is 2.28 bits per heavy atom. The van der Waals surface area contributed by atoms with Crippen LogP contribution in [-0.4, -0.2) is 50.0 Å². The SMILES string of the molecule is Cc1cccc(N(CC(=O)N(Cc2ccccc2F)[C@H](C)C(=O)NC(C)C)S(C)(=O)=O)c1. The Hall–Kier alpha value is -2.94. The second-order valence-electron chi connectivity index (χ2n) is 8.06. The van der Waals surface area contributed by atoms with Gasteiger partial charge < -0.3 is 10.2 Å². The minimum Gasteiger partial charge on any atom is -0.352 e. The third kappa shape index (κ3) is 6.78. The molecule has 2 rings (SSSR count). The molecule has 0 unspecified atom stereocenters. The third-order valence-electron chi connectivity index (χ3n) is 4.87. The van der Waals surface area contributed by atoms with Gasteiger partial charge in [-0.05, 0) is 51.5 Å². The Kier molecular flexibility index (Phi) is 8.38. The molecule has 2 amide bonds. The molecule has 0 aromatic heterocycles. The van der Waals surface area contributed by atoms with Gasteiger partial charge >= 0.3 is 0 Å². The van der Waals surface area contributed by atoms with E-state index in [0.29, 0.717) is 5.69 Å². The summed E-state index contributed by atoms with van der Waals surface area (Å²) in [5, 5.41) is 2.74. The molecule has 2 aromatic carbocycles. The summed E-state index contributed by atoms with van der Waals surface area (Å²) in [5.41, 5.74) is 1.40. The molecular formula is C23H30FN3O4S. The van der Waals surface area contributed by atoms with Crippen molar-refractivity contribution in [2.45, 2.75) is 46.3 Å². The van der Waals surface area contributed by atoms with E-state index in [1.165, 1.54) is 30.0 Å². The summed E-state index contributed by atoms with van der Waals surface area (Å²) in [4.78, 5) is 27.2. The van der Waals surface area contributed by atoms with Crippen LogP contribution >= 0.6 is 0 Å². The molecule has 0 spiro atoms. The van der Waals surface area contributed by atoms with Gasteiger partial charge in [-0.15, -0.1) is 0 Å². The number of hydrogen-bond donors (Lipinski definition) is 1. The van der Waals surface area contributed by atoms with Crippen LogP contribution < -0.4 is 9.62 Å². The van der Waals surface area contributed by atoms with Gasteiger partial charge in [-0.3, -0.25) is 13.9 Å². The second kappa shape index (κ2) is 10.6. The molecule has 0 aliphatic heterocycles. The lowest BCUT2D eigenvalue weighted by molar-refractivity contribution is -0.139. The quantitative estimate of drug-likeness (QED) is 0.620. The molecule has 0 aliphatic rings. The smallest absolute Gasteiger partial charge is 0.244 e. The monoisotopic (exact) mass is 463 g/mol. The highest BCUT2D eigenvalue weighted by molar-refractivity contribution is 7.92. The minimum atomic E-state index is -3.80. The molecular weight excluding hydrogens is 433 g/mol. The maximum absolute atomic E-state index is 14.3. The molecule has 7 nitrogen and oxygen atoms in total. The van der Waals surface area contributed by atoms with E-state index in [-0.39, 0.29) is 18.2 Å². The standard InChI is InChI=1S/C23H30FN3O4S/c1-16(2)25-23(29)18(4)26(14-19-10-6-7-12-21(19)24)22(28)15-27(32(5,30)31)20-11-8-9-17(3)13-20/h6-13,16,18H,14-15H2,1-5H3,(H,25,29)/t18-/m1/s1. The lowest BCUT2D eigenvalue weighted by atomic mass is 10.1. The van der Waals surface area contributed by atoms with Gasteiger partial charge in [-0.1, -0.05) is 30.3 Å². The first-order valence-corrected chi connectivity index (χ1v) is 12.1. The van der Waals surface area contributed by atoms with Crippen LogP contribution in [0.5, 0.6) is 0 Å². The Morgan fingerprint density at radius 1 is 1.06 bits per heavy atom. The zero-order valence-corrected chi connectivity index (χ0v) is 19.8. The number of anilines is 1. The lowest BCUT2D eigenvalue weighted by Gasteiger charge is -2.32. The summed E-state index contributed by atoms with van der Waals surface area (Å²) in [5.74, 6) is -1.54. The number of rotatable bonds is 9. The predicted octanol–water partition coefficient (Wildman–Crippen LogP) is 2.84. The average Bonchev–Trinajstić information content (AvgIpc) is 2.69. The largest absolute Gasteiger partial charge is 0.352 e. The van der Waals surface area contributed by atoms with E-state index < -0.39 is 40.2 Å². The van der Waals surface area contributed by atoms with Crippen LogP contribution in [0.2, 0.25) is 0 Å². The van der Waals surface area contributed by atoms with Gasteiger partial charge in [0.1, 0.15) is 18.4 Å². The number of carbonyl (C=O) groups excluding carboxylic acids is 2. The molecule has 174 valence electrons. The van der Waals surface area contributed by atoms with E-state index in [4.69, 9.17) is 0 Å².